The van der Waals surface area contributed by atoms with Crippen LogP contribution in [0.25, 0.3) is 0 Å². The van der Waals surface area contributed by atoms with E-state index in [1.165, 1.54) is 0 Å². The molecule has 116 valence electrons. The van der Waals surface area contributed by atoms with Gasteiger partial charge >= 0.3 is 5.97 Å². The fourth-order valence-corrected chi connectivity index (χ4v) is 2.41. The zero-order valence-electron chi connectivity index (χ0n) is 11.8. The fourth-order valence-electron chi connectivity index (χ4n) is 1.65. The highest BCUT2D eigenvalue weighted by atomic mass is 79.9. The summed E-state index contributed by atoms with van der Waals surface area (Å²) in [6, 6.07) is 11.7. The number of carbonyl (C=O) groups excluding carboxylic acids is 1. The van der Waals surface area contributed by atoms with E-state index in [2.05, 4.69) is 15.9 Å². The van der Waals surface area contributed by atoms with Crippen LogP contribution in [0.15, 0.2) is 46.9 Å². The summed E-state index contributed by atoms with van der Waals surface area (Å²) in [4.78, 5) is 12.1. The molecule has 0 radical (unpaired) electrons. The molecule has 2 rings (SSSR count). The van der Waals surface area contributed by atoms with Crippen LogP contribution in [0.4, 0.5) is 0 Å². The number of hydrogen-bond donors (Lipinski definition) is 0. The first kappa shape index (κ1) is 16.8. The number of halogens is 2. The van der Waals surface area contributed by atoms with Crippen LogP contribution in [-0.4, -0.2) is 26.3 Å². The predicted molar refractivity (Wildman–Crippen MR) is 87.9 cm³/mol. The highest BCUT2D eigenvalue weighted by Gasteiger charge is 2.11. The van der Waals surface area contributed by atoms with Gasteiger partial charge in [0.2, 0.25) is 0 Å². The van der Waals surface area contributed by atoms with Crippen LogP contribution in [0.1, 0.15) is 10.4 Å². The highest BCUT2D eigenvalue weighted by Crippen LogP contribution is 2.28. The van der Waals surface area contributed by atoms with Crippen LogP contribution in [0, 0.1) is 0 Å². The molecular weight excluding hydrogens is 372 g/mol. The van der Waals surface area contributed by atoms with Gasteiger partial charge in [-0.05, 0) is 58.4 Å². The van der Waals surface area contributed by atoms with E-state index < -0.39 is 5.97 Å². The topological polar surface area (TPSA) is 44.8 Å². The third-order valence-corrected chi connectivity index (χ3v) is 3.60. The first-order valence-corrected chi connectivity index (χ1v) is 7.66. The summed E-state index contributed by atoms with van der Waals surface area (Å²) in [5.74, 6) is 0.627. The summed E-state index contributed by atoms with van der Waals surface area (Å²) in [5.41, 5.74) is 0.431. The molecule has 0 aromatic heterocycles. The predicted octanol–water partition coefficient (Wildman–Crippen LogP) is 4.35. The Labute approximate surface area is 142 Å². The number of hydrogen-bond acceptors (Lipinski definition) is 4. The number of rotatable bonds is 6. The first-order valence-electron chi connectivity index (χ1n) is 6.49. The smallest absolute Gasteiger partial charge is 0.343 e. The summed E-state index contributed by atoms with van der Waals surface area (Å²) >= 11 is 9.15. The molecule has 0 spiro atoms. The lowest BCUT2D eigenvalue weighted by molar-refractivity contribution is 0.0733. The van der Waals surface area contributed by atoms with Gasteiger partial charge in [-0.1, -0.05) is 11.6 Å². The molecule has 0 bridgehead atoms. The van der Waals surface area contributed by atoms with E-state index >= 15 is 0 Å². The van der Waals surface area contributed by atoms with Crippen LogP contribution < -0.4 is 9.47 Å². The third kappa shape index (κ3) is 4.73. The highest BCUT2D eigenvalue weighted by molar-refractivity contribution is 9.10. The quantitative estimate of drug-likeness (QED) is 0.421. The number of methoxy groups -OCH3 is 1. The van der Waals surface area contributed by atoms with Gasteiger partial charge in [0.25, 0.3) is 0 Å². The van der Waals surface area contributed by atoms with Gasteiger partial charge in [0, 0.05) is 12.1 Å². The van der Waals surface area contributed by atoms with E-state index in [0.29, 0.717) is 39.8 Å². The van der Waals surface area contributed by atoms with Gasteiger partial charge in [0.1, 0.15) is 18.1 Å². The maximum absolute atomic E-state index is 12.1. The summed E-state index contributed by atoms with van der Waals surface area (Å²) in [7, 11) is 1.61. The molecule has 0 aliphatic rings. The summed E-state index contributed by atoms with van der Waals surface area (Å²) in [6.07, 6.45) is 0. The van der Waals surface area contributed by atoms with Crippen LogP contribution in [0.5, 0.6) is 11.5 Å². The van der Waals surface area contributed by atoms with Crippen molar-refractivity contribution >= 4 is 33.5 Å². The molecular formula is C16H14BrClO4. The molecule has 4 nitrogen and oxygen atoms in total. The summed E-state index contributed by atoms with van der Waals surface area (Å²) < 4.78 is 16.3. The van der Waals surface area contributed by atoms with Crippen molar-refractivity contribution in [2.45, 2.75) is 0 Å². The molecule has 0 saturated carbocycles. The molecule has 0 aliphatic heterocycles. The Balaban J connectivity index is 2.00. The van der Waals surface area contributed by atoms with Gasteiger partial charge in [0.05, 0.1) is 16.6 Å². The summed E-state index contributed by atoms with van der Waals surface area (Å²) in [6.45, 7) is 0.965. The van der Waals surface area contributed by atoms with Crippen LogP contribution in [0.2, 0.25) is 5.02 Å². The average molecular weight is 386 g/mol. The van der Waals surface area contributed by atoms with E-state index in [1.54, 1.807) is 49.6 Å². The minimum Gasteiger partial charge on any atom is -0.491 e. The lowest BCUT2D eigenvalue weighted by atomic mass is 10.2. The molecule has 0 aliphatic carbocycles. The van der Waals surface area contributed by atoms with Crippen LogP contribution >= 0.6 is 27.5 Å². The first-order chi connectivity index (χ1) is 10.6. The second-order valence-corrected chi connectivity index (χ2v) is 5.62. The van der Waals surface area contributed by atoms with E-state index in [-0.39, 0.29) is 0 Å². The van der Waals surface area contributed by atoms with Gasteiger partial charge in [-0.2, -0.15) is 0 Å². The Morgan fingerprint density at radius 1 is 1.14 bits per heavy atom. The molecule has 0 unspecified atom stereocenters. The normalized spacial score (nSPS) is 10.3. The monoisotopic (exact) mass is 384 g/mol. The lowest BCUT2D eigenvalue weighted by Crippen LogP contribution is -2.09. The zero-order chi connectivity index (χ0) is 15.9. The number of carbonyl (C=O) groups is 1. The molecule has 2 aromatic carbocycles. The Bertz CT molecular complexity index is 643. The molecule has 0 atom stereocenters. The largest absolute Gasteiger partial charge is 0.491 e. The molecule has 0 fully saturated rings. The van der Waals surface area contributed by atoms with Gasteiger partial charge in [-0.25, -0.2) is 4.79 Å². The van der Waals surface area contributed by atoms with Crippen molar-refractivity contribution in [3.63, 3.8) is 0 Å². The second kappa shape index (κ2) is 8.17. The second-order valence-electron chi connectivity index (χ2n) is 4.33. The molecule has 0 N–H and O–H groups in total. The maximum Gasteiger partial charge on any atom is 0.343 e. The van der Waals surface area contributed by atoms with E-state index in [0.717, 1.165) is 0 Å². The lowest BCUT2D eigenvalue weighted by Gasteiger charge is -2.08. The van der Waals surface area contributed by atoms with Crippen molar-refractivity contribution in [1.82, 2.24) is 0 Å². The average Bonchev–Trinajstić information content (AvgIpc) is 2.51. The van der Waals surface area contributed by atoms with Gasteiger partial charge in [-0.15, -0.1) is 0 Å². The van der Waals surface area contributed by atoms with Gasteiger partial charge in [0.15, 0.2) is 0 Å². The number of benzene rings is 2. The van der Waals surface area contributed by atoms with Crippen LogP contribution in [-0.2, 0) is 4.74 Å². The van der Waals surface area contributed by atoms with Crippen molar-refractivity contribution in [2.24, 2.45) is 0 Å². The minimum absolute atomic E-state index is 0.412. The molecule has 2 aromatic rings. The third-order valence-electron chi connectivity index (χ3n) is 2.74. The SMILES string of the molecule is COCCOc1ccc(C(=O)Oc2ccc(Cl)cc2Br)cc1. The van der Waals surface area contributed by atoms with Crippen molar-refractivity contribution in [3.05, 3.63) is 57.5 Å². The maximum atomic E-state index is 12.1. The van der Waals surface area contributed by atoms with E-state index in [1.807, 2.05) is 0 Å². The van der Waals surface area contributed by atoms with Crippen molar-refractivity contribution in [3.8, 4) is 11.5 Å². The van der Waals surface area contributed by atoms with Gasteiger partial charge < -0.3 is 14.2 Å². The Morgan fingerprint density at radius 2 is 1.86 bits per heavy atom. The minimum atomic E-state index is -0.452. The molecule has 0 amide bonds. The Morgan fingerprint density at radius 3 is 2.50 bits per heavy atom. The molecule has 22 heavy (non-hydrogen) atoms. The van der Waals surface area contributed by atoms with Crippen molar-refractivity contribution < 1.29 is 19.0 Å². The summed E-state index contributed by atoms with van der Waals surface area (Å²) in [5, 5.41) is 0.559. The number of ether oxygens (including phenoxy) is 3. The molecule has 0 saturated heterocycles. The van der Waals surface area contributed by atoms with Gasteiger partial charge in [-0.3, -0.25) is 0 Å². The zero-order valence-corrected chi connectivity index (χ0v) is 14.2. The fraction of sp³-hybridized carbons (Fsp3) is 0.188. The molecule has 6 heteroatoms. The Hall–Kier alpha value is -1.56. The van der Waals surface area contributed by atoms with Crippen molar-refractivity contribution in [1.29, 1.82) is 0 Å². The number of esters is 1. The van der Waals surface area contributed by atoms with E-state index in [4.69, 9.17) is 25.8 Å². The standard InChI is InChI=1S/C16H14BrClO4/c1-20-8-9-21-13-5-2-11(3-6-13)16(19)22-15-7-4-12(18)10-14(15)17/h2-7,10H,8-9H2,1H3. The Kier molecular flexibility index (Phi) is 6.24. The van der Waals surface area contributed by atoms with Crippen LogP contribution in [0.3, 0.4) is 0 Å². The van der Waals surface area contributed by atoms with Crippen molar-refractivity contribution in [2.75, 3.05) is 20.3 Å². The molecule has 0 heterocycles. The van der Waals surface area contributed by atoms with E-state index in [9.17, 15) is 4.79 Å².